The highest BCUT2D eigenvalue weighted by Gasteiger charge is 2.19. The normalized spacial score (nSPS) is 20.2. The van der Waals surface area contributed by atoms with Gasteiger partial charge in [-0.2, -0.15) is 4.98 Å². The fourth-order valence-corrected chi connectivity index (χ4v) is 2.63. The van der Waals surface area contributed by atoms with Crippen molar-refractivity contribution in [2.75, 3.05) is 30.4 Å². The van der Waals surface area contributed by atoms with E-state index in [1.165, 1.54) is 32.1 Å². The minimum Gasteiger partial charge on any atom is -0.474 e. The Bertz CT molecular complexity index is 417. The molecule has 0 unspecified atom stereocenters. The lowest BCUT2D eigenvalue weighted by Crippen LogP contribution is -2.30. The third kappa shape index (κ3) is 2.35. The standard InChI is InChI=1S/C13H20N4O/c1-17-7-8-18-12-11(17)9-14-13(16-12)15-10-5-3-2-4-6-10/h9-10H,2-8H2,1H3,(H,14,15,16). The van der Waals surface area contributed by atoms with Crippen molar-refractivity contribution < 1.29 is 4.74 Å². The van der Waals surface area contributed by atoms with Crippen LogP contribution in [-0.4, -0.2) is 36.2 Å². The fraction of sp³-hybridized carbons (Fsp3) is 0.692. The average molecular weight is 248 g/mol. The number of hydrogen-bond donors (Lipinski definition) is 1. The molecular formula is C13H20N4O. The van der Waals surface area contributed by atoms with Crippen molar-refractivity contribution in [3.05, 3.63) is 6.20 Å². The second kappa shape index (κ2) is 5.00. The summed E-state index contributed by atoms with van der Waals surface area (Å²) in [5.41, 5.74) is 0.982. The highest BCUT2D eigenvalue weighted by molar-refractivity contribution is 5.56. The largest absolute Gasteiger partial charge is 0.474 e. The second-order valence-corrected chi connectivity index (χ2v) is 5.13. The van der Waals surface area contributed by atoms with Crippen LogP contribution in [0.2, 0.25) is 0 Å². The highest BCUT2D eigenvalue weighted by Crippen LogP contribution is 2.29. The summed E-state index contributed by atoms with van der Waals surface area (Å²) in [6.45, 7) is 1.59. The molecule has 5 nitrogen and oxygen atoms in total. The Hall–Kier alpha value is -1.52. The number of fused-ring (bicyclic) bond motifs is 1. The van der Waals surface area contributed by atoms with Gasteiger partial charge in [-0.15, -0.1) is 0 Å². The number of rotatable bonds is 2. The Balaban J connectivity index is 1.73. The van der Waals surface area contributed by atoms with Gasteiger partial charge in [-0.25, -0.2) is 4.98 Å². The molecule has 0 amide bonds. The van der Waals surface area contributed by atoms with Crippen LogP contribution in [0.3, 0.4) is 0 Å². The number of anilines is 2. The predicted octanol–water partition coefficient (Wildman–Crippen LogP) is 2.05. The third-order valence-electron chi connectivity index (χ3n) is 3.75. The Morgan fingerprint density at radius 1 is 1.33 bits per heavy atom. The maximum absolute atomic E-state index is 5.59. The first kappa shape index (κ1) is 11.6. The minimum atomic E-state index is 0.526. The summed E-state index contributed by atoms with van der Waals surface area (Å²) >= 11 is 0. The molecule has 3 rings (SSSR count). The molecule has 0 atom stereocenters. The molecule has 1 aromatic heterocycles. The lowest BCUT2D eigenvalue weighted by Gasteiger charge is -2.27. The van der Waals surface area contributed by atoms with Crippen LogP contribution in [0.5, 0.6) is 5.88 Å². The molecule has 0 saturated heterocycles. The van der Waals surface area contributed by atoms with E-state index >= 15 is 0 Å². The van der Waals surface area contributed by atoms with Crippen molar-refractivity contribution >= 4 is 11.6 Å². The molecule has 0 radical (unpaired) electrons. The van der Waals surface area contributed by atoms with E-state index in [4.69, 9.17) is 4.74 Å². The van der Waals surface area contributed by atoms with Gasteiger partial charge in [0.25, 0.3) is 0 Å². The SMILES string of the molecule is CN1CCOc2nc(NC3CCCCC3)ncc21. The molecule has 1 saturated carbocycles. The van der Waals surface area contributed by atoms with Gasteiger partial charge in [0.05, 0.1) is 12.7 Å². The van der Waals surface area contributed by atoms with E-state index in [0.29, 0.717) is 24.5 Å². The van der Waals surface area contributed by atoms with Crippen molar-refractivity contribution in [2.45, 2.75) is 38.1 Å². The summed E-state index contributed by atoms with van der Waals surface area (Å²) in [5.74, 6) is 1.41. The lowest BCUT2D eigenvalue weighted by atomic mass is 9.96. The van der Waals surface area contributed by atoms with Gasteiger partial charge >= 0.3 is 0 Å². The molecule has 2 heterocycles. The maximum Gasteiger partial charge on any atom is 0.242 e. The van der Waals surface area contributed by atoms with Crippen molar-refractivity contribution in [1.82, 2.24) is 9.97 Å². The molecule has 1 fully saturated rings. The van der Waals surface area contributed by atoms with E-state index in [1.54, 1.807) is 0 Å². The topological polar surface area (TPSA) is 50.3 Å². The summed E-state index contributed by atoms with van der Waals surface area (Å²) in [6, 6.07) is 0.526. The van der Waals surface area contributed by atoms with E-state index in [0.717, 1.165) is 12.2 Å². The summed E-state index contributed by atoms with van der Waals surface area (Å²) in [4.78, 5) is 11.0. The quantitative estimate of drug-likeness (QED) is 0.868. The van der Waals surface area contributed by atoms with E-state index in [1.807, 2.05) is 13.2 Å². The Morgan fingerprint density at radius 2 is 2.17 bits per heavy atom. The number of likely N-dealkylation sites (N-methyl/N-ethyl adjacent to an activating group) is 1. The molecule has 0 bridgehead atoms. The van der Waals surface area contributed by atoms with Gasteiger partial charge in [0.15, 0.2) is 0 Å². The van der Waals surface area contributed by atoms with Crippen molar-refractivity contribution in [3.8, 4) is 5.88 Å². The maximum atomic E-state index is 5.59. The third-order valence-corrected chi connectivity index (χ3v) is 3.75. The molecule has 18 heavy (non-hydrogen) atoms. The Morgan fingerprint density at radius 3 is 3.00 bits per heavy atom. The van der Waals surface area contributed by atoms with Crippen LogP contribution in [0.1, 0.15) is 32.1 Å². The van der Waals surface area contributed by atoms with Gasteiger partial charge in [0.1, 0.15) is 12.3 Å². The van der Waals surface area contributed by atoms with Crippen LogP contribution in [0.15, 0.2) is 6.20 Å². The number of ether oxygens (including phenoxy) is 1. The Kier molecular flexibility index (Phi) is 3.21. The van der Waals surface area contributed by atoms with Gasteiger partial charge in [-0.1, -0.05) is 19.3 Å². The molecule has 0 spiro atoms. The molecule has 1 aliphatic carbocycles. The number of nitrogens with zero attached hydrogens (tertiary/aromatic N) is 3. The number of aromatic nitrogens is 2. The number of nitrogens with one attached hydrogen (secondary N) is 1. The first-order valence-electron chi connectivity index (χ1n) is 6.80. The van der Waals surface area contributed by atoms with Crippen LogP contribution < -0.4 is 15.0 Å². The zero-order valence-electron chi connectivity index (χ0n) is 10.9. The zero-order chi connectivity index (χ0) is 12.4. The van der Waals surface area contributed by atoms with Gasteiger partial charge in [0.2, 0.25) is 11.8 Å². The molecule has 1 aromatic rings. The van der Waals surface area contributed by atoms with Crippen molar-refractivity contribution in [3.63, 3.8) is 0 Å². The number of hydrogen-bond acceptors (Lipinski definition) is 5. The molecule has 0 aromatic carbocycles. The Labute approximate surface area is 108 Å². The summed E-state index contributed by atoms with van der Waals surface area (Å²) in [5, 5.41) is 3.43. The second-order valence-electron chi connectivity index (χ2n) is 5.13. The highest BCUT2D eigenvalue weighted by atomic mass is 16.5. The van der Waals surface area contributed by atoms with Gasteiger partial charge < -0.3 is 15.0 Å². The molecule has 1 N–H and O–H groups in total. The van der Waals surface area contributed by atoms with Crippen LogP contribution in [0.25, 0.3) is 0 Å². The summed E-state index contributed by atoms with van der Waals surface area (Å²) < 4.78 is 5.59. The smallest absolute Gasteiger partial charge is 0.242 e. The molecule has 98 valence electrons. The van der Waals surface area contributed by atoms with Crippen LogP contribution >= 0.6 is 0 Å². The molecule has 5 heteroatoms. The molecule has 2 aliphatic rings. The fourth-order valence-electron chi connectivity index (χ4n) is 2.63. The lowest BCUT2D eigenvalue weighted by molar-refractivity contribution is 0.298. The first-order chi connectivity index (χ1) is 8.83. The average Bonchev–Trinajstić information content (AvgIpc) is 2.40. The van der Waals surface area contributed by atoms with Gasteiger partial charge in [0, 0.05) is 13.1 Å². The van der Waals surface area contributed by atoms with E-state index in [-0.39, 0.29) is 0 Å². The monoisotopic (exact) mass is 248 g/mol. The first-order valence-corrected chi connectivity index (χ1v) is 6.80. The summed E-state index contributed by atoms with van der Waals surface area (Å²) in [7, 11) is 2.04. The van der Waals surface area contributed by atoms with E-state index in [2.05, 4.69) is 20.2 Å². The van der Waals surface area contributed by atoms with Gasteiger partial charge in [-0.3, -0.25) is 0 Å². The van der Waals surface area contributed by atoms with Crippen molar-refractivity contribution in [2.24, 2.45) is 0 Å². The summed E-state index contributed by atoms with van der Waals surface area (Å²) in [6.07, 6.45) is 8.27. The van der Waals surface area contributed by atoms with E-state index in [9.17, 15) is 0 Å². The zero-order valence-corrected chi connectivity index (χ0v) is 10.9. The predicted molar refractivity (Wildman–Crippen MR) is 71.3 cm³/mol. The molecule has 1 aliphatic heterocycles. The van der Waals surface area contributed by atoms with Crippen LogP contribution in [0, 0.1) is 0 Å². The van der Waals surface area contributed by atoms with Crippen LogP contribution in [-0.2, 0) is 0 Å². The van der Waals surface area contributed by atoms with Crippen molar-refractivity contribution in [1.29, 1.82) is 0 Å². The molecular weight excluding hydrogens is 228 g/mol. The minimum absolute atomic E-state index is 0.526. The van der Waals surface area contributed by atoms with Crippen LogP contribution in [0.4, 0.5) is 11.6 Å². The van der Waals surface area contributed by atoms with E-state index < -0.39 is 0 Å². The van der Waals surface area contributed by atoms with Gasteiger partial charge in [-0.05, 0) is 12.8 Å².